The standard InChI is InChI=1S/C22H23N5O.C19H29N.C18H21N.2C16H26N2.C16H25N/c1-12(2)26-15(5)27(21-20(26)23-10-11-24-21)18-13(3)6-8-16-17-9-7-14(4)25-22(17)28-19(16)18;1-15-10-6-7-11-17(15)20-16(2)19(14-18(20,3)4)12-8-5-9-13-19;1-13-9-5-7-11-16(13)19-14(2)18(3,4)15-10-6-8-12-17(15)19;2*1-12-9-7-8-10-14(12)18-13(2)17-15(3,4)11-16(18,5)6;1-12-9-7-8-10-14(12)17-13(2)15(3,4)11-16(17,5)6/h6-12,15H,1-5H3;6-7,10-11,16H,5,8-9,12-14H2,1-4H3;5-12,14H,1-4H3;2*7-10,13,17H,11H2,1-6H3;7-10,13H,11H2,1-6H3/t15-;16-;14-;3*13-/m000000/s1/i12D;;;3D3,11D2;;/tm;;;13-,15?;m;. The molecular weight excluding hydrogens is 1470 g/mol. The Morgan fingerprint density at radius 3 is 1.35 bits per heavy atom. The fourth-order valence-corrected chi connectivity index (χ4v) is 22.8. The predicted octanol–water partition coefficient (Wildman–Crippen LogP) is 27.0. The molecule has 0 bridgehead atoms. The molecule has 644 valence electrons. The average Bonchev–Trinajstić information content (AvgIpc) is 1.06. The maximum absolute atomic E-state index is 8.68. The Hall–Kier alpha value is -8.91. The van der Waals surface area contributed by atoms with E-state index in [1.54, 1.807) is 26.2 Å². The minimum atomic E-state index is -2.46. The summed E-state index contributed by atoms with van der Waals surface area (Å²) in [6.07, 6.45) is 12.2. The van der Waals surface area contributed by atoms with E-state index in [1.807, 2.05) is 74.8 Å². The molecule has 1 unspecified atom stereocenters. The van der Waals surface area contributed by atoms with E-state index in [0.717, 1.165) is 56.8 Å². The van der Waals surface area contributed by atoms with Crippen LogP contribution >= 0.6 is 0 Å². The molecule has 0 amide bonds. The second-order valence-electron chi connectivity index (χ2n) is 40.8. The minimum absolute atomic E-state index is 0.146. The lowest BCUT2D eigenvalue weighted by molar-refractivity contribution is 0.170. The lowest BCUT2D eigenvalue weighted by Crippen LogP contribution is -2.67. The zero-order valence-corrected chi connectivity index (χ0v) is 78.8. The molecule has 3 aromatic heterocycles. The molecular formula is C107H150N12O. The van der Waals surface area contributed by atoms with Gasteiger partial charge in [0.1, 0.15) is 6.17 Å². The van der Waals surface area contributed by atoms with E-state index < -0.39 is 30.3 Å². The number of benzene rings is 7. The van der Waals surface area contributed by atoms with Crippen LogP contribution in [0.2, 0.25) is 0 Å². The van der Waals surface area contributed by atoms with Crippen molar-refractivity contribution in [2.24, 2.45) is 10.8 Å². The Morgan fingerprint density at radius 1 is 0.433 bits per heavy atom. The van der Waals surface area contributed by atoms with Crippen molar-refractivity contribution >= 4 is 73.5 Å². The van der Waals surface area contributed by atoms with Gasteiger partial charge in [-0.05, 0) is 324 Å². The highest BCUT2D eigenvalue weighted by Crippen LogP contribution is 2.57. The number of para-hydroxylation sites is 6. The first-order chi connectivity index (χ1) is 58.5. The number of nitrogens with zero attached hydrogens (tertiary/aromatic N) is 10. The highest BCUT2D eigenvalue weighted by molar-refractivity contribution is 6.09. The van der Waals surface area contributed by atoms with Gasteiger partial charge in [0.05, 0.1) is 19.4 Å². The number of hydrogen-bond donors (Lipinski definition) is 2. The van der Waals surface area contributed by atoms with Crippen LogP contribution < -0.4 is 44.9 Å². The topological polar surface area (TPSA) is 98.6 Å². The van der Waals surface area contributed by atoms with Crippen LogP contribution in [0, 0.1) is 59.3 Å². The number of aryl methyl sites for hydroxylation is 7. The van der Waals surface area contributed by atoms with E-state index >= 15 is 0 Å². The van der Waals surface area contributed by atoms with Crippen LogP contribution in [0.3, 0.4) is 0 Å². The van der Waals surface area contributed by atoms with Gasteiger partial charge < -0.3 is 33.8 Å². The normalized spacial score (nSPS) is 25.5. The van der Waals surface area contributed by atoms with Gasteiger partial charge in [-0.3, -0.25) is 15.5 Å². The molecule has 4 saturated heterocycles. The van der Waals surface area contributed by atoms with Crippen LogP contribution in [0.15, 0.2) is 187 Å². The fourth-order valence-electron chi connectivity index (χ4n) is 22.8. The summed E-state index contributed by atoms with van der Waals surface area (Å²) in [5.74, 6) is 1.45. The van der Waals surface area contributed by atoms with Gasteiger partial charge in [0.25, 0.3) is 0 Å². The lowest BCUT2D eigenvalue weighted by Gasteiger charge is -2.55. The van der Waals surface area contributed by atoms with Crippen LogP contribution in [-0.2, 0) is 5.41 Å². The van der Waals surface area contributed by atoms with Crippen molar-refractivity contribution in [3.8, 4) is 0 Å². The summed E-state index contributed by atoms with van der Waals surface area (Å²) in [5.41, 5.74) is 19.5. The van der Waals surface area contributed by atoms with Gasteiger partial charge in [-0.2, -0.15) is 0 Å². The van der Waals surface area contributed by atoms with Crippen molar-refractivity contribution in [1.29, 1.82) is 0 Å². The number of nitrogens with one attached hydrogen (secondary N) is 2. The van der Waals surface area contributed by atoms with E-state index in [2.05, 4.69) is 342 Å². The number of hydrogen-bond acceptors (Lipinski definition) is 13. The van der Waals surface area contributed by atoms with Crippen molar-refractivity contribution in [3.63, 3.8) is 0 Å². The Kier molecular flexibility index (Phi) is 23.5. The SMILES string of the molecule is Cc1ccccc1N1[C@@H](C)C(C)(C)CC1(C)C.Cc1ccccc1N1[C@@H](C)C2(CCCCC2)CC1(C)C.Cc1ccccc1N1[C@@H](C)NC(C)(C)CC1(C)C.Cc1ccccc1N1c2ccccc2C(C)(C)[C@@H]1C.[2H]C(C)(C)N1c2nccnc2N(c2c(C)ccc3c2oc2nc(C)ccc23)[C@H]1C.[2H]C([2H])([2H])C1(C)N[C@H](C)N(c2ccccc2C)C(C)(C)C1([2H])[2H]. The van der Waals surface area contributed by atoms with Crippen LogP contribution in [0.5, 0.6) is 0 Å². The molecule has 10 aromatic rings. The maximum Gasteiger partial charge on any atom is 0.227 e. The van der Waals surface area contributed by atoms with Gasteiger partial charge in [0.2, 0.25) is 5.71 Å². The quantitative estimate of drug-likeness (QED) is 0.159. The van der Waals surface area contributed by atoms with Gasteiger partial charge in [0.15, 0.2) is 17.2 Å². The van der Waals surface area contributed by atoms with E-state index in [-0.39, 0.29) is 39.9 Å². The molecule has 6 aliphatic heterocycles. The number of fused-ring (bicyclic) bond motifs is 5. The summed E-state index contributed by atoms with van der Waals surface area (Å²) in [6.45, 7) is 62.9. The van der Waals surface area contributed by atoms with Crippen molar-refractivity contribution < 1.29 is 12.6 Å². The van der Waals surface area contributed by atoms with E-state index in [0.29, 0.717) is 46.7 Å². The van der Waals surface area contributed by atoms with Crippen molar-refractivity contribution in [2.45, 2.75) is 354 Å². The third kappa shape index (κ3) is 18.0. The van der Waals surface area contributed by atoms with E-state index in [1.165, 1.54) is 108 Å². The Labute approximate surface area is 733 Å². The monoisotopic (exact) mass is 1630 g/mol. The third-order valence-electron chi connectivity index (χ3n) is 27.7. The first-order valence-corrected chi connectivity index (χ1v) is 44.6. The minimum Gasteiger partial charge on any atom is -0.435 e. The fraction of sp³-hybridized carbons (Fsp3) is 0.523. The van der Waals surface area contributed by atoms with Crippen LogP contribution in [0.4, 0.5) is 51.4 Å². The van der Waals surface area contributed by atoms with Crippen LogP contribution in [0.1, 0.15) is 277 Å². The summed E-state index contributed by atoms with van der Waals surface area (Å²) in [5, 5.41) is 8.77. The highest BCUT2D eigenvalue weighted by atomic mass is 16.3. The highest BCUT2D eigenvalue weighted by Gasteiger charge is 2.55. The van der Waals surface area contributed by atoms with Gasteiger partial charge >= 0.3 is 0 Å². The molecule has 7 aromatic carbocycles. The molecule has 1 spiro atoms. The van der Waals surface area contributed by atoms with Crippen LogP contribution in [0.25, 0.3) is 22.1 Å². The molecule has 7 atom stereocenters. The Morgan fingerprint density at radius 2 is 0.867 bits per heavy atom. The maximum atomic E-state index is 8.68. The molecule has 13 heteroatoms. The zero-order valence-electron chi connectivity index (χ0n) is 84.8. The number of furan rings is 1. The molecule has 7 aliphatic rings. The first kappa shape index (κ1) is 82.1. The predicted molar refractivity (Wildman–Crippen MR) is 515 cm³/mol. The molecule has 0 radical (unpaired) electrons. The van der Waals surface area contributed by atoms with Crippen LogP contribution in [-0.4, -0.2) is 90.8 Å². The van der Waals surface area contributed by atoms with Crippen molar-refractivity contribution in [1.82, 2.24) is 25.6 Å². The molecule has 9 heterocycles. The molecule has 1 aliphatic carbocycles. The zero-order chi connectivity index (χ0) is 92.7. The molecule has 13 nitrogen and oxygen atoms in total. The molecule has 5 fully saturated rings. The Bertz CT molecular complexity index is 5500. The van der Waals surface area contributed by atoms with Gasteiger partial charge in [-0.25, -0.2) is 15.0 Å². The molecule has 1 saturated carbocycles. The first-order valence-electron chi connectivity index (χ1n) is 47.6. The number of anilines is 9. The lowest BCUT2D eigenvalue weighted by atomic mass is 9.68. The summed E-state index contributed by atoms with van der Waals surface area (Å²) in [7, 11) is 0. The van der Waals surface area contributed by atoms with Gasteiger partial charge in [-0.15, -0.1) is 0 Å². The number of pyridine rings is 1. The third-order valence-corrected chi connectivity index (χ3v) is 27.7. The molecule has 2 N–H and O–H groups in total. The summed E-state index contributed by atoms with van der Waals surface area (Å²) in [6, 6.07) is 60.6. The number of aromatic nitrogens is 3. The summed E-state index contributed by atoms with van der Waals surface area (Å²) < 4.78 is 55.9. The molecule has 120 heavy (non-hydrogen) atoms. The number of rotatable bonds is 7. The molecule has 17 rings (SSSR count). The van der Waals surface area contributed by atoms with E-state index in [9.17, 15) is 0 Å². The average molecular weight is 1630 g/mol. The van der Waals surface area contributed by atoms with Gasteiger partial charge in [-0.1, -0.05) is 168 Å². The largest absolute Gasteiger partial charge is 0.435 e. The van der Waals surface area contributed by atoms with E-state index in [4.69, 9.17) is 12.6 Å². The van der Waals surface area contributed by atoms with Crippen molar-refractivity contribution in [2.75, 3.05) is 34.3 Å². The Balaban J connectivity index is 0.000000139. The van der Waals surface area contributed by atoms with Crippen molar-refractivity contribution in [3.05, 3.63) is 227 Å². The van der Waals surface area contributed by atoms with Gasteiger partial charge in [0, 0.05) is 133 Å². The second kappa shape index (κ2) is 34.4. The summed E-state index contributed by atoms with van der Waals surface area (Å²) >= 11 is 0. The second-order valence-corrected chi connectivity index (χ2v) is 40.8. The summed E-state index contributed by atoms with van der Waals surface area (Å²) in [4.78, 5) is 30.2. The smallest absolute Gasteiger partial charge is 0.227 e.